The van der Waals surface area contributed by atoms with Gasteiger partial charge in [-0.15, -0.1) is 11.6 Å². The van der Waals surface area contributed by atoms with Crippen molar-refractivity contribution in [3.63, 3.8) is 0 Å². The van der Waals surface area contributed by atoms with Crippen LogP contribution < -0.4 is 0 Å². The summed E-state index contributed by atoms with van der Waals surface area (Å²) in [6, 6.07) is 0.790. The molecule has 2 atom stereocenters. The van der Waals surface area contributed by atoms with Gasteiger partial charge in [-0.1, -0.05) is 6.92 Å². The maximum absolute atomic E-state index is 5.77. The molecule has 0 amide bonds. The van der Waals surface area contributed by atoms with Crippen LogP contribution in [0.4, 0.5) is 0 Å². The molecule has 96 valence electrons. The summed E-state index contributed by atoms with van der Waals surface area (Å²) < 4.78 is 0. The van der Waals surface area contributed by atoms with E-state index in [1.165, 1.54) is 38.9 Å². The molecule has 0 aromatic heterocycles. The van der Waals surface area contributed by atoms with Gasteiger partial charge >= 0.3 is 0 Å². The van der Waals surface area contributed by atoms with Gasteiger partial charge in [-0.05, 0) is 58.8 Å². The van der Waals surface area contributed by atoms with Gasteiger partial charge < -0.3 is 4.90 Å². The first-order chi connectivity index (χ1) is 7.63. The van der Waals surface area contributed by atoms with E-state index in [1.807, 2.05) is 0 Å². The third-order valence-electron chi connectivity index (χ3n) is 3.59. The van der Waals surface area contributed by atoms with E-state index < -0.39 is 0 Å². The molecule has 1 rings (SSSR count). The van der Waals surface area contributed by atoms with E-state index in [0.717, 1.165) is 24.3 Å². The molecule has 2 unspecified atom stereocenters. The van der Waals surface area contributed by atoms with Crippen LogP contribution in [0, 0.1) is 5.92 Å². The molecule has 3 heteroatoms. The summed E-state index contributed by atoms with van der Waals surface area (Å²) in [4.78, 5) is 4.98. The highest BCUT2D eigenvalue weighted by Gasteiger charge is 2.24. The van der Waals surface area contributed by atoms with Crippen LogP contribution in [-0.4, -0.2) is 55.5 Å². The zero-order chi connectivity index (χ0) is 12.0. The van der Waals surface area contributed by atoms with Crippen molar-refractivity contribution in [1.29, 1.82) is 0 Å². The van der Waals surface area contributed by atoms with Crippen LogP contribution in [-0.2, 0) is 0 Å². The average molecular weight is 247 g/mol. The van der Waals surface area contributed by atoms with Gasteiger partial charge in [0.05, 0.1) is 0 Å². The quantitative estimate of drug-likeness (QED) is 0.638. The molecule has 0 aromatic carbocycles. The normalized spacial score (nSPS) is 24.2. The van der Waals surface area contributed by atoms with E-state index in [-0.39, 0.29) is 0 Å². The number of likely N-dealkylation sites (tertiary alicyclic amines) is 1. The predicted octanol–water partition coefficient (Wildman–Crippen LogP) is 2.67. The minimum absolute atomic E-state index is 0.776. The number of halogens is 1. The first kappa shape index (κ1) is 14.3. The fourth-order valence-corrected chi connectivity index (χ4v) is 2.91. The molecule has 2 nitrogen and oxygen atoms in total. The molecule has 0 spiro atoms. The molecule has 1 saturated heterocycles. The lowest BCUT2D eigenvalue weighted by molar-refractivity contribution is 0.197. The largest absolute Gasteiger partial charge is 0.308 e. The van der Waals surface area contributed by atoms with Gasteiger partial charge in [0.1, 0.15) is 0 Å². The van der Waals surface area contributed by atoms with Crippen LogP contribution in [0.3, 0.4) is 0 Å². The van der Waals surface area contributed by atoms with E-state index >= 15 is 0 Å². The average Bonchev–Trinajstić information content (AvgIpc) is 2.62. The molecule has 1 aliphatic rings. The Morgan fingerprint density at radius 3 is 2.75 bits per heavy atom. The van der Waals surface area contributed by atoms with Crippen LogP contribution in [0.1, 0.15) is 32.6 Å². The molecule has 1 fully saturated rings. The molecule has 0 aromatic rings. The Labute approximate surface area is 106 Å². The van der Waals surface area contributed by atoms with Crippen molar-refractivity contribution in [3.05, 3.63) is 0 Å². The lowest BCUT2D eigenvalue weighted by Gasteiger charge is -2.27. The Hall–Kier alpha value is 0.210. The van der Waals surface area contributed by atoms with Crippen LogP contribution in [0.5, 0.6) is 0 Å². The summed E-state index contributed by atoms with van der Waals surface area (Å²) in [5, 5.41) is 0. The monoisotopic (exact) mass is 246 g/mol. The Morgan fingerprint density at radius 1 is 1.38 bits per heavy atom. The molecule has 0 N–H and O–H groups in total. The number of likely N-dealkylation sites (N-methyl/N-ethyl adjacent to an activating group) is 1. The Morgan fingerprint density at radius 2 is 2.12 bits per heavy atom. The predicted molar refractivity (Wildman–Crippen MR) is 72.3 cm³/mol. The lowest BCUT2D eigenvalue weighted by Crippen LogP contribution is -2.38. The Bertz CT molecular complexity index is 185. The van der Waals surface area contributed by atoms with Gasteiger partial charge in [-0.2, -0.15) is 0 Å². The van der Waals surface area contributed by atoms with Crippen LogP contribution in [0.15, 0.2) is 0 Å². The second-order valence-corrected chi connectivity index (χ2v) is 5.84. The number of hydrogen-bond donors (Lipinski definition) is 0. The first-order valence-electron chi connectivity index (χ1n) is 6.58. The molecule has 1 heterocycles. The van der Waals surface area contributed by atoms with Crippen LogP contribution in [0.25, 0.3) is 0 Å². The second kappa shape index (κ2) is 7.52. The van der Waals surface area contributed by atoms with Crippen molar-refractivity contribution in [2.75, 3.05) is 39.6 Å². The van der Waals surface area contributed by atoms with Gasteiger partial charge in [0, 0.05) is 18.5 Å². The van der Waals surface area contributed by atoms with Crippen molar-refractivity contribution < 1.29 is 0 Å². The molecule has 0 aliphatic carbocycles. The van der Waals surface area contributed by atoms with Crippen LogP contribution in [0.2, 0.25) is 0 Å². The molecule has 0 bridgehead atoms. The topological polar surface area (TPSA) is 6.48 Å². The summed E-state index contributed by atoms with van der Waals surface area (Å²) in [5.41, 5.74) is 0. The van der Waals surface area contributed by atoms with E-state index in [4.69, 9.17) is 11.6 Å². The molecule has 0 saturated carbocycles. The minimum Gasteiger partial charge on any atom is -0.308 e. The first-order valence-corrected chi connectivity index (χ1v) is 7.11. The van der Waals surface area contributed by atoms with Gasteiger partial charge in [0.15, 0.2) is 0 Å². The summed E-state index contributed by atoms with van der Waals surface area (Å²) in [6.07, 6.45) is 5.22. The van der Waals surface area contributed by atoms with Gasteiger partial charge in [-0.3, -0.25) is 4.90 Å². The molecular formula is C13H27ClN2. The maximum atomic E-state index is 5.77. The number of nitrogens with zero attached hydrogens (tertiary/aromatic N) is 2. The fourth-order valence-electron chi connectivity index (χ4n) is 2.53. The smallest absolute Gasteiger partial charge is 0.0225 e. The molecule has 16 heavy (non-hydrogen) atoms. The molecular weight excluding hydrogens is 220 g/mol. The maximum Gasteiger partial charge on any atom is 0.0225 e. The minimum atomic E-state index is 0.776. The summed E-state index contributed by atoms with van der Waals surface area (Å²) >= 11 is 5.77. The number of alkyl halides is 1. The Balaban J connectivity index is 2.24. The van der Waals surface area contributed by atoms with Crippen molar-refractivity contribution in [3.8, 4) is 0 Å². The third kappa shape index (κ3) is 5.03. The highest BCUT2D eigenvalue weighted by Crippen LogP contribution is 2.19. The molecule has 1 aliphatic heterocycles. The highest BCUT2D eigenvalue weighted by molar-refractivity contribution is 6.17. The van der Waals surface area contributed by atoms with Crippen molar-refractivity contribution >= 4 is 11.6 Å². The van der Waals surface area contributed by atoms with Crippen molar-refractivity contribution in [2.45, 2.75) is 38.6 Å². The Kier molecular flexibility index (Phi) is 6.71. The van der Waals surface area contributed by atoms with Gasteiger partial charge in [0.25, 0.3) is 0 Å². The zero-order valence-corrected chi connectivity index (χ0v) is 11.8. The zero-order valence-electron chi connectivity index (χ0n) is 11.1. The second-order valence-electron chi connectivity index (χ2n) is 5.47. The third-order valence-corrected chi connectivity index (χ3v) is 3.80. The van der Waals surface area contributed by atoms with Crippen molar-refractivity contribution in [2.24, 2.45) is 5.92 Å². The van der Waals surface area contributed by atoms with Gasteiger partial charge in [0.2, 0.25) is 0 Å². The number of hydrogen-bond acceptors (Lipinski definition) is 2. The SMILES string of the molecule is CC(CCCl)CCN1CCCC1CN(C)C. The van der Waals surface area contributed by atoms with E-state index in [2.05, 4.69) is 30.8 Å². The summed E-state index contributed by atoms with van der Waals surface area (Å²) in [5.74, 6) is 1.58. The summed E-state index contributed by atoms with van der Waals surface area (Å²) in [6.45, 7) is 6.09. The van der Waals surface area contributed by atoms with Crippen LogP contribution >= 0.6 is 11.6 Å². The fraction of sp³-hybridized carbons (Fsp3) is 1.00. The van der Waals surface area contributed by atoms with E-state index in [9.17, 15) is 0 Å². The number of rotatable bonds is 7. The van der Waals surface area contributed by atoms with E-state index in [0.29, 0.717) is 0 Å². The standard InChI is InChI=1S/C13H27ClN2/c1-12(6-8-14)7-10-16-9-4-5-13(16)11-15(2)3/h12-13H,4-11H2,1-3H3. The summed E-state index contributed by atoms with van der Waals surface area (Å²) in [7, 11) is 4.35. The highest BCUT2D eigenvalue weighted by atomic mass is 35.5. The lowest BCUT2D eigenvalue weighted by atomic mass is 10.0. The van der Waals surface area contributed by atoms with Crippen molar-refractivity contribution in [1.82, 2.24) is 9.80 Å². The van der Waals surface area contributed by atoms with E-state index in [1.54, 1.807) is 0 Å². The molecule has 0 radical (unpaired) electrons. The van der Waals surface area contributed by atoms with Gasteiger partial charge in [-0.25, -0.2) is 0 Å².